The van der Waals surface area contributed by atoms with Crippen LogP contribution in [0.3, 0.4) is 0 Å². The van der Waals surface area contributed by atoms with Gasteiger partial charge in [0.05, 0.1) is 29.5 Å². The summed E-state index contributed by atoms with van der Waals surface area (Å²) in [6.07, 6.45) is -0.912. The minimum atomic E-state index is -0.912. The van der Waals surface area contributed by atoms with E-state index < -0.39 is 6.10 Å². The van der Waals surface area contributed by atoms with Crippen molar-refractivity contribution in [1.29, 1.82) is 5.26 Å². The summed E-state index contributed by atoms with van der Waals surface area (Å²) < 4.78 is 1.77. The van der Waals surface area contributed by atoms with Crippen molar-refractivity contribution >= 4 is 11.2 Å². The zero-order chi connectivity index (χ0) is 15.7. The van der Waals surface area contributed by atoms with Crippen LogP contribution in [-0.2, 0) is 13.7 Å². The molecule has 2 aromatic heterocycles. The molecule has 0 fully saturated rings. The first kappa shape index (κ1) is 14.2. The van der Waals surface area contributed by atoms with Crippen molar-refractivity contribution < 1.29 is 10.2 Å². The Bertz CT molecular complexity index is 862. The van der Waals surface area contributed by atoms with Gasteiger partial charge >= 0.3 is 0 Å². The van der Waals surface area contributed by atoms with Gasteiger partial charge in [-0.25, -0.2) is 9.97 Å². The number of aliphatic hydroxyl groups excluding tert-OH is 2. The number of aryl methyl sites for hydroxylation is 1. The third-order valence-electron chi connectivity index (χ3n) is 3.60. The van der Waals surface area contributed by atoms with Crippen LogP contribution in [0.2, 0.25) is 0 Å². The number of aliphatic hydroxyl groups is 2. The third kappa shape index (κ3) is 2.33. The Morgan fingerprint density at radius 3 is 2.55 bits per heavy atom. The van der Waals surface area contributed by atoms with E-state index in [2.05, 4.69) is 9.97 Å². The van der Waals surface area contributed by atoms with E-state index in [1.807, 2.05) is 12.1 Å². The molecule has 3 aromatic rings. The van der Waals surface area contributed by atoms with E-state index in [0.717, 1.165) is 5.52 Å². The van der Waals surface area contributed by atoms with E-state index in [0.29, 0.717) is 28.3 Å². The number of aromatic nitrogens is 3. The molecule has 0 bridgehead atoms. The van der Waals surface area contributed by atoms with Gasteiger partial charge in [-0.05, 0) is 29.8 Å². The lowest BCUT2D eigenvalue weighted by Gasteiger charge is -2.11. The van der Waals surface area contributed by atoms with E-state index >= 15 is 0 Å². The van der Waals surface area contributed by atoms with Gasteiger partial charge in [-0.2, -0.15) is 5.26 Å². The van der Waals surface area contributed by atoms with Gasteiger partial charge in [0.1, 0.15) is 11.9 Å². The van der Waals surface area contributed by atoms with Crippen molar-refractivity contribution in [1.82, 2.24) is 14.5 Å². The van der Waals surface area contributed by atoms with Crippen molar-refractivity contribution in [2.75, 3.05) is 0 Å². The Morgan fingerprint density at radius 1 is 1.18 bits per heavy atom. The first-order chi connectivity index (χ1) is 10.6. The van der Waals surface area contributed by atoms with E-state index in [1.54, 1.807) is 41.9 Å². The summed E-state index contributed by atoms with van der Waals surface area (Å²) in [6.45, 7) is -0.153. The molecule has 1 unspecified atom stereocenters. The maximum Gasteiger partial charge on any atom is 0.178 e. The second-order valence-electron chi connectivity index (χ2n) is 4.97. The lowest BCUT2D eigenvalue weighted by atomic mass is 10.1. The number of nitriles is 1. The fourth-order valence-corrected chi connectivity index (χ4v) is 2.35. The molecule has 22 heavy (non-hydrogen) atoms. The summed E-state index contributed by atoms with van der Waals surface area (Å²) in [4.78, 5) is 8.61. The first-order valence-corrected chi connectivity index (χ1v) is 6.75. The van der Waals surface area contributed by atoms with Crippen LogP contribution in [0.25, 0.3) is 11.2 Å². The van der Waals surface area contributed by atoms with Gasteiger partial charge in [0.25, 0.3) is 0 Å². The molecule has 0 aliphatic heterocycles. The van der Waals surface area contributed by atoms with E-state index in [1.165, 1.54) is 0 Å². The van der Waals surface area contributed by atoms with Gasteiger partial charge in [-0.3, -0.25) is 0 Å². The number of imidazole rings is 1. The second-order valence-corrected chi connectivity index (χ2v) is 4.97. The van der Waals surface area contributed by atoms with Crippen LogP contribution < -0.4 is 0 Å². The number of hydrogen-bond donors (Lipinski definition) is 2. The highest BCUT2D eigenvalue weighted by Crippen LogP contribution is 2.24. The highest BCUT2D eigenvalue weighted by molar-refractivity contribution is 5.72. The second kappa shape index (κ2) is 5.56. The van der Waals surface area contributed by atoms with Crippen molar-refractivity contribution in [2.24, 2.45) is 7.05 Å². The average Bonchev–Trinajstić information content (AvgIpc) is 2.90. The standard InChI is InChI=1S/C16H14N4O2/c1-20-13-7-6-12(9-21)18-15(13)19-16(20)14(22)11-4-2-10(8-17)3-5-11/h2-7,14,21-22H,9H2,1H3. The van der Waals surface area contributed by atoms with Crippen molar-refractivity contribution in [3.05, 3.63) is 59.0 Å². The molecule has 0 saturated carbocycles. The van der Waals surface area contributed by atoms with Crippen molar-refractivity contribution in [2.45, 2.75) is 12.7 Å². The fourth-order valence-electron chi connectivity index (χ4n) is 2.35. The molecule has 0 spiro atoms. The quantitative estimate of drug-likeness (QED) is 0.761. The molecule has 1 aromatic carbocycles. The Hall–Kier alpha value is -2.75. The molecular weight excluding hydrogens is 280 g/mol. The monoisotopic (exact) mass is 294 g/mol. The average molecular weight is 294 g/mol. The number of hydrogen-bond acceptors (Lipinski definition) is 5. The van der Waals surface area contributed by atoms with Crippen LogP contribution in [0.4, 0.5) is 0 Å². The molecule has 0 radical (unpaired) electrons. The smallest absolute Gasteiger partial charge is 0.178 e. The van der Waals surface area contributed by atoms with Crippen molar-refractivity contribution in [3.8, 4) is 6.07 Å². The van der Waals surface area contributed by atoms with Gasteiger partial charge < -0.3 is 14.8 Å². The predicted octanol–water partition coefficient (Wildman–Crippen LogP) is 1.41. The first-order valence-electron chi connectivity index (χ1n) is 6.75. The molecule has 2 N–H and O–H groups in total. The third-order valence-corrected chi connectivity index (χ3v) is 3.60. The molecule has 0 aliphatic rings. The van der Waals surface area contributed by atoms with E-state index in [4.69, 9.17) is 10.4 Å². The molecule has 6 nitrogen and oxygen atoms in total. The van der Waals surface area contributed by atoms with Gasteiger partial charge in [0.2, 0.25) is 0 Å². The normalized spacial score (nSPS) is 12.3. The number of fused-ring (bicyclic) bond motifs is 1. The molecule has 0 aliphatic carbocycles. The Balaban J connectivity index is 2.04. The number of nitrogens with zero attached hydrogens (tertiary/aromatic N) is 4. The molecular formula is C16H14N4O2. The van der Waals surface area contributed by atoms with E-state index in [-0.39, 0.29) is 6.61 Å². The van der Waals surface area contributed by atoms with Crippen LogP contribution in [0.5, 0.6) is 0 Å². The summed E-state index contributed by atoms with van der Waals surface area (Å²) in [7, 11) is 1.80. The van der Waals surface area contributed by atoms with Crippen molar-refractivity contribution in [3.63, 3.8) is 0 Å². The van der Waals surface area contributed by atoms with Crippen LogP contribution in [0, 0.1) is 11.3 Å². The lowest BCUT2D eigenvalue weighted by molar-refractivity contribution is 0.207. The predicted molar refractivity (Wildman–Crippen MR) is 79.7 cm³/mol. The summed E-state index contributed by atoms with van der Waals surface area (Å²) in [5.41, 5.74) is 2.98. The van der Waals surface area contributed by atoms with E-state index in [9.17, 15) is 5.11 Å². The minimum absolute atomic E-state index is 0.153. The SMILES string of the molecule is Cn1c(C(O)c2ccc(C#N)cc2)nc2nc(CO)ccc21. The zero-order valence-corrected chi connectivity index (χ0v) is 11.9. The van der Waals surface area contributed by atoms with Crippen LogP contribution in [0.15, 0.2) is 36.4 Å². The highest BCUT2D eigenvalue weighted by atomic mass is 16.3. The molecule has 110 valence electrons. The maximum absolute atomic E-state index is 10.5. The minimum Gasteiger partial charge on any atom is -0.390 e. The zero-order valence-electron chi connectivity index (χ0n) is 11.9. The summed E-state index contributed by atoms with van der Waals surface area (Å²) >= 11 is 0. The molecule has 6 heteroatoms. The van der Waals surface area contributed by atoms with Gasteiger partial charge in [-0.1, -0.05) is 12.1 Å². The van der Waals surface area contributed by atoms with Gasteiger partial charge in [-0.15, -0.1) is 0 Å². The largest absolute Gasteiger partial charge is 0.390 e. The van der Waals surface area contributed by atoms with Crippen LogP contribution >= 0.6 is 0 Å². The molecule has 1 atom stereocenters. The Kier molecular flexibility index (Phi) is 3.59. The number of rotatable bonds is 3. The fraction of sp³-hybridized carbons (Fsp3) is 0.188. The summed E-state index contributed by atoms with van der Waals surface area (Å²) in [6, 6.07) is 12.3. The summed E-state index contributed by atoms with van der Waals surface area (Å²) in [5, 5.41) is 28.5. The molecule has 3 rings (SSSR count). The van der Waals surface area contributed by atoms with Gasteiger partial charge in [0.15, 0.2) is 5.65 Å². The molecule has 0 saturated heterocycles. The van der Waals surface area contributed by atoms with Crippen LogP contribution in [-0.4, -0.2) is 24.7 Å². The van der Waals surface area contributed by atoms with Crippen LogP contribution in [0.1, 0.15) is 28.7 Å². The number of pyridine rings is 1. The maximum atomic E-state index is 10.5. The highest BCUT2D eigenvalue weighted by Gasteiger charge is 2.18. The lowest BCUT2D eigenvalue weighted by Crippen LogP contribution is -2.07. The summed E-state index contributed by atoms with van der Waals surface area (Å²) in [5.74, 6) is 0.460. The topological polar surface area (TPSA) is 95.0 Å². The molecule has 0 amide bonds. The molecule has 2 heterocycles. The van der Waals surface area contributed by atoms with Gasteiger partial charge in [0, 0.05) is 7.05 Å². The Morgan fingerprint density at radius 2 is 1.91 bits per heavy atom. The Labute approximate surface area is 126 Å². The number of benzene rings is 1.